The molecule has 4 nitrogen and oxygen atoms in total. The lowest BCUT2D eigenvalue weighted by Gasteiger charge is -2.14. The topological polar surface area (TPSA) is 47.6 Å². The minimum atomic E-state index is -4.76. The first kappa shape index (κ1) is 21.6. The van der Waals surface area contributed by atoms with Crippen LogP contribution in [0.4, 0.5) is 13.2 Å². The monoisotopic (exact) mass is 395 g/mol. The Hall–Kier alpha value is -2.70. The quantitative estimate of drug-likeness (QED) is 0.676. The molecule has 1 atom stereocenters. The fraction of sp³-hybridized carbons (Fsp3) is 0.381. The van der Waals surface area contributed by atoms with Crippen LogP contribution in [0.1, 0.15) is 41.8 Å². The average Bonchev–Trinajstić information content (AvgIpc) is 2.65. The summed E-state index contributed by atoms with van der Waals surface area (Å²) >= 11 is 0. The van der Waals surface area contributed by atoms with Crippen molar-refractivity contribution < 1.29 is 27.4 Å². The van der Waals surface area contributed by atoms with Gasteiger partial charge < -0.3 is 14.8 Å². The molecular weight excluding hydrogens is 371 g/mol. The van der Waals surface area contributed by atoms with E-state index in [0.717, 1.165) is 36.1 Å². The van der Waals surface area contributed by atoms with E-state index in [1.807, 2.05) is 18.2 Å². The fourth-order valence-corrected chi connectivity index (χ4v) is 2.73. The summed E-state index contributed by atoms with van der Waals surface area (Å²) in [6.07, 6.45) is -2.76. The molecule has 0 saturated carbocycles. The number of hydrogen-bond donors (Lipinski definition) is 1. The van der Waals surface area contributed by atoms with E-state index in [1.165, 1.54) is 12.1 Å². The number of nitrogens with one attached hydrogen (secondary N) is 1. The molecule has 0 aromatic heterocycles. The summed E-state index contributed by atoms with van der Waals surface area (Å²) in [5.41, 5.74) is 2.24. The fourth-order valence-electron chi connectivity index (χ4n) is 2.73. The molecular formula is C21H24F3NO3. The van der Waals surface area contributed by atoms with Crippen molar-refractivity contribution in [2.75, 3.05) is 7.11 Å². The van der Waals surface area contributed by atoms with Crippen LogP contribution in [0.2, 0.25) is 0 Å². The maximum atomic E-state index is 12.3. The van der Waals surface area contributed by atoms with Crippen molar-refractivity contribution in [3.05, 3.63) is 59.2 Å². The van der Waals surface area contributed by atoms with Crippen molar-refractivity contribution in [1.82, 2.24) is 5.32 Å². The lowest BCUT2D eigenvalue weighted by atomic mass is 9.97. The zero-order valence-electron chi connectivity index (χ0n) is 16.1. The van der Waals surface area contributed by atoms with Crippen molar-refractivity contribution in [2.24, 2.45) is 5.92 Å². The van der Waals surface area contributed by atoms with Gasteiger partial charge in [0.1, 0.15) is 11.5 Å². The van der Waals surface area contributed by atoms with Crippen LogP contribution in [0.25, 0.3) is 0 Å². The van der Waals surface area contributed by atoms with Crippen molar-refractivity contribution in [3.8, 4) is 11.5 Å². The standard InChI is InChI=1S/C21H24F3NO3/c1-4-14(2)11-15-5-10-19(27-3)17(12-15)13-25-20(26)16-6-8-18(9-7-16)28-21(22,23)24/h5-10,12,14H,4,11,13H2,1-3H3,(H,25,26). The van der Waals surface area contributed by atoms with Gasteiger partial charge in [-0.1, -0.05) is 32.4 Å². The summed E-state index contributed by atoms with van der Waals surface area (Å²) in [6, 6.07) is 10.7. The molecule has 0 aliphatic heterocycles. The second kappa shape index (κ2) is 9.48. The molecule has 28 heavy (non-hydrogen) atoms. The van der Waals surface area contributed by atoms with E-state index < -0.39 is 12.3 Å². The number of benzene rings is 2. The molecule has 0 heterocycles. The Balaban J connectivity index is 2.04. The molecule has 0 radical (unpaired) electrons. The SMILES string of the molecule is CCC(C)Cc1ccc(OC)c(CNC(=O)c2ccc(OC(F)(F)F)cc2)c1. The van der Waals surface area contributed by atoms with Gasteiger partial charge in [-0.25, -0.2) is 0 Å². The van der Waals surface area contributed by atoms with E-state index in [-0.39, 0.29) is 17.9 Å². The predicted octanol–water partition coefficient (Wildman–Crippen LogP) is 5.11. The van der Waals surface area contributed by atoms with Gasteiger partial charge in [-0.2, -0.15) is 0 Å². The zero-order valence-corrected chi connectivity index (χ0v) is 16.1. The van der Waals surface area contributed by atoms with Gasteiger partial charge in [-0.3, -0.25) is 4.79 Å². The highest BCUT2D eigenvalue weighted by atomic mass is 19.4. The van der Waals surface area contributed by atoms with Crippen LogP contribution in [0.3, 0.4) is 0 Å². The molecule has 1 N–H and O–H groups in total. The molecule has 0 spiro atoms. The maximum absolute atomic E-state index is 12.3. The van der Waals surface area contributed by atoms with Crippen molar-refractivity contribution >= 4 is 5.91 Å². The molecule has 2 aromatic carbocycles. The van der Waals surface area contributed by atoms with E-state index in [0.29, 0.717) is 11.7 Å². The normalized spacial score (nSPS) is 12.4. The van der Waals surface area contributed by atoms with Gasteiger partial charge >= 0.3 is 6.36 Å². The van der Waals surface area contributed by atoms with Crippen molar-refractivity contribution in [1.29, 1.82) is 0 Å². The summed E-state index contributed by atoms with van der Waals surface area (Å²) in [5.74, 6) is 0.451. The second-order valence-electron chi connectivity index (χ2n) is 6.62. The highest BCUT2D eigenvalue weighted by molar-refractivity contribution is 5.94. The average molecular weight is 395 g/mol. The second-order valence-corrected chi connectivity index (χ2v) is 6.62. The zero-order chi connectivity index (χ0) is 20.7. The van der Waals surface area contributed by atoms with Crippen LogP contribution in [-0.4, -0.2) is 19.4 Å². The lowest BCUT2D eigenvalue weighted by Crippen LogP contribution is -2.23. The van der Waals surface area contributed by atoms with E-state index in [4.69, 9.17) is 4.74 Å². The summed E-state index contributed by atoms with van der Waals surface area (Å²) in [6.45, 7) is 4.56. The van der Waals surface area contributed by atoms with E-state index >= 15 is 0 Å². The Morgan fingerprint density at radius 1 is 1.14 bits per heavy atom. The number of carbonyl (C=O) groups is 1. The van der Waals surface area contributed by atoms with Crippen LogP contribution in [-0.2, 0) is 13.0 Å². The lowest BCUT2D eigenvalue weighted by molar-refractivity contribution is -0.274. The Morgan fingerprint density at radius 2 is 1.82 bits per heavy atom. The molecule has 0 saturated heterocycles. The number of alkyl halides is 3. The predicted molar refractivity (Wildman–Crippen MR) is 100 cm³/mol. The van der Waals surface area contributed by atoms with E-state index in [2.05, 4.69) is 23.9 Å². The number of rotatable bonds is 8. The Morgan fingerprint density at radius 3 is 2.39 bits per heavy atom. The van der Waals surface area contributed by atoms with Gasteiger partial charge in [0.15, 0.2) is 0 Å². The van der Waals surface area contributed by atoms with Gasteiger partial charge in [-0.15, -0.1) is 13.2 Å². The van der Waals surface area contributed by atoms with Crippen LogP contribution >= 0.6 is 0 Å². The Kier molecular flexibility index (Phi) is 7.31. The number of hydrogen-bond acceptors (Lipinski definition) is 3. The molecule has 2 aromatic rings. The smallest absolute Gasteiger partial charge is 0.496 e. The summed E-state index contributed by atoms with van der Waals surface area (Å²) in [4.78, 5) is 12.3. The van der Waals surface area contributed by atoms with Crippen LogP contribution < -0.4 is 14.8 Å². The van der Waals surface area contributed by atoms with Gasteiger partial charge in [0, 0.05) is 17.7 Å². The molecule has 2 rings (SSSR count). The number of ether oxygens (including phenoxy) is 2. The minimum absolute atomic E-state index is 0.240. The molecule has 152 valence electrons. The van der Waals surface area contributed by atoms with Gasteiger partial charge in [-0.05, 0) is 48.2 Å². The molecule has 0 aliphatic rings. The first-order chi connectivity index (χ1) is 13.2. The summed E-state index contributed by atoms with van der Waals surface area (Å²) in [7, 11) is 1.56. The van der Waals surface area contributed by atoms with E-state index in [1.54, 1.807) is 7.11 Å². The van der Waals surface area contributed by atoms with E-state index in [9.17, 15) is 18.0 Å². The van der Waals surface area contributed by atoms with Crippen LogP contribution in [0.15, 0.2) is 42.5 Å². The van der Waals surface area contributed by atoms with Crippen LogP contribution in [0.5, 0.6) is 11.5 Å². The third-order valence-corrected chi connectivity index (χ3v) is 4.42. The number of carbonyl (C=O) groups excluding carboxylic acids is 1. The molecule has 0 bridgehead atoms. The molecule has 7 heteroatoms. The highest BCUT2D eigenvalue weighted by Crippen LogP contribution is 2.24. The molecule has 1 amide bonds. The third-order valence-electron chi connectivity index (χ3n) is 4.42. The van der Waals surface area contributed by atoms with Crippen molar-refractivity contribution in [2.45, 2.75) is 39.6 Å². The summed E-state index contributed by atoms with van der Waals surface area (Å²) in [5, 5.41) is 2.77. The van der Waals surface area contributed by atoms with Gasteiger partial charge in [0.05, 0.1) is 7.11 Å². The molecule has 0 fully saturated rings. The van der Waals surface area contributed by atoms with Gasteiger partial charge in [0.25, 0.3) is 5.91 Å². The molecule has 0 aliphatic carbocycles. The minimum Gasteiger partial charge on any atom is -0.496 e. The first-order valence-electron chi connectivity index (χ1n) is 9.01. The van der Waals surface area contributed by atoms with Crippen molar-refractivity contribution in [3.63, 3.8) is 0 Å². The number of halogens is 3. The number of methoxy groups -OCH3 is 1. The largest absolute Gasteiger partial charge is 0.573 e. The molecule has 1 unspecified atom stereocenters. The Labute approximate surface area is 162 Å². The van der Waals surface area contributed by atoms with Gasteiger partial charge in [0.2, 0.25) is 0 Å². The maximum Gasteiger partial charge on any atom is 0.573 e. The third kappa shape index (κ3) is 6.48. The number of amides is 1. The van der Waals surface area contributed by atoms with Crippen LogP contribution in [0, 0.1) is 5.92 Å². The first-order valence-corrected chi connectivity index (χ1v) is 9.01. The highest BCUT2D eigenvalue weighted by Gasteiger charge is 2.31. The Bertz CT molecular complexity index is 788. The summed E-state index contributed by atoms with van der Waals surface area (Å²) < 4.78 is 45.8.